The van der Waals surface area contributed by atoms with Gasteiger partial charge in [0.1, 0.15) is 17.0 Å². The molecule has 0 saturated carbocycles. The highest BCUT2D eigenvalue weighted by Gasteiger charge is 2.38. The van der Waals surface area contributed by atoms with Gasteiger partial charge in [0.2, 0.25) is 0 Å². The molecule has 0 unspecified atom stereocenters. The summed E-state index contributed by atoms with van der Waals surface area (Å²) < 4.78 is 8.67. The smallest absolute Gasteiger partial charge is 0.162 e. The summed E-state index contributed by atoms with van der Waals surface area (Å²) in [4.78, 5) is 10.6. The molecule has 4 heteroatoms. The molecule has 10 aromatic rings. The van der Waals surface area contributed by atoms with Crippen molar-refractivity contribution >= 4 is 43.7 Å². The van der Waals surface area contributed by atoms with E-state index in [1.54, 1.807) is 0 Å². The first-order valence-electron chi connectivity index (χ1n) is 18.2. The molecule has 11 rings (SSSR count). The van der Waals surface area contributed by atoms with Crippen molar-refractivity contribution in [2.75, 3.05) is 0 Å². The van der Waals surface area contributed by atoms with Crippen LogP contribution in [0.15, 0.2) is 168 Å². The van der Waals surface area contributed by atoms with E-state index >= 15 is 0 Å². The molecule has 0 bridgehead atoms. The fourth-order valence-corrected chi connectivity index (χ4v) is 8.73. The van der Waals surface area contributed by atoms with Crippen LogP contribution in [-0.2, 0) is 5.41 Å². The van der Waals surface area contributed by atoms with Crippen molar-refractivity contribution in [2.24, 2.45) is 0 Å². The Balaban J connectivity index is 1.16. The Labute approximate surface area is 306 Å². The predicted molar refractivity (Wildman–Crippen MR) is 218 cm³/mol. The monoisotopic (exact) mass is 679 g/mol. The lowest BCUT2D eigenvalue weighted by Gasteiger charge is -2.22. The molecule has 1 aliphatic carbocycles. The molecule has 0 saturated heterocycles. The number of nitrogens with zero attached hydrogens (tertiary/aromatic N) is 3. The molecular formula is C49H33N3O. The van der Waals surface area contributed by atoms with E-state index in [9.17, 15) is 0 Å². The summed E-state index contributed by atoms with van der Waals surface area (Å²) in [6.45, 7) is 4.72. The van der Waals surface area contributed by atoms with Gasteiger partial charge in [-0.05, 0) is 63.7 Å². The van der Waals surface area contributed by atoms with Crippen LogP contribution in [0.3, 0.4) is 0 Å². The van der Waals surface area contributed by atoms with Gasteiger partial charge >= 0.3 is 0 Å². The van der Waals surface area contributed by atoms with Crippen molar-refractivity contribution < 1.29 is 4.42 Å². The van der Waals surface area contributed by atoms with Crippen LogP contribution in [0.4, 0.5) is 0 Å². The van der Waals surface area contributed by atoms with Gasteiger partial charge in [-0.1, -0.05) is 141 Å². The maximum Gasteiger partial charge on any atom is 0.162 e. The maximum absolute atomic E-state index is 6.34. The zero-order valence-corrected chi connectivity index (χ0v) is 29.3. The fraction of sp³-hybridized carbons (Fsp3) is 0.0612. The van der Waals surface area contributed by atoms with Crippen molar-refractivity contribution in [3.8, 4) is 50.7 Å². The molecule has 0 spiro atoms. The van der Waals surface area contributed by atoms with E-state index in [-0.39, 0.29) is 5.41 Å². The highest BCUT2D eigenvalue weighted by atomic mass is 16.3. The Morgan fingerprint density at radius 1 is 0.491 bits per heavy atom. The number of furan rings is 1. The zero-order valence-electron chi connectivity index (χ0n) is 29.3. The quantitative estimate of drug-likeness (QED) is 0.186. The van der Waals surface area contributed by atoms with Crippen LogP contribution >= 0.6 is 0 Å². The number of hydrogen-bond acceptors (Lipinski definition) is 3. The van der Waals surface area contributed by atoms with Crippen molar-refractivity contribution in [2.45, 2.75) is 19.3 Å². The lowest BCUT2D eigenvalue weighted by atomic mass is 9.80. The molecule has 53 heavy (non-hydrogen) atoms. The third-order valence-corrected chi connectivity index (χ3v) is 11.2. The molecule has 0 N–H and O–H groups in total. The van der Waals surface area contributed by atoms with Crippen LogP contribution in [-0.4, -0.2) is 14.5 Å². The Morgan fingerprint density at radius 3 is 2.04 bits per heavy atom. The lowest BCUT2D eigenvalue weighted by molar-refractivity contribution is 0.666. The number of rotatable bonds is 4. The minimum Gasteiger partial charge on any atom is -0.456 e. The minimum absolute atomic E-state index is 0.162. The number of para-hydroxylation sites is 2. The van der Waals surface area contributed by atoms with E-state index < -0.39 is 0 Å². The molecule has 0 fully saturated rings. The molecule has 3 heterocycles. The first-order chi connectivity index (χ1) is 26.0. The highest BCUT2D eigenvalue weighted by Crippen LogP contribution is 2.53. The summed E-state index contributed by atoms with van der Waals surface area (Å²) in [5.41, 5.74) is 14.3. The maximum atomic E-state index is 6.34. The van der Waals surface area contributed by atoms with E-state index in [1.807, 2.05) is 18.2 Å². The molecule has 0 aliphatic heterocycles. The van der Waals surface area contributed by atoms with Gasteiger partial charge in [0.05, 0.1) is 16.7 Å². The zero-order chi connectivity index (χ0) is 35.3. The average molecular weight is 680 g/mol. The van der Waals surface area contributed by atoms with Gasteiger partial charge in [-0.2, -0.15) is 0 Å². The topological polar surface area (TPSA) is 43.9 Å². The predicted octanol–water partition coefficient (Wildman–Crippen LogP) is 12.8. The van der Waals surface area contributed by atoms with Crippen molar-refractivity contribution in [3.05, 3.63) is 175 Å². The Hall–Kier alpha value is -6.78. The summed E-state index contributed by atoms with van der Waals surface area (Å²) in [7, 11) is 0. The van der Waals surface area contributed by atoms with Crippen molar-refractivity contribution in [3.63, 3.8) is 0 Å². The number of hydrogen-bond donors (Lipinski definition) is 0. The minimum atomic E-state index is -0.162. The van der Waals surface area contributed by atoms with E-state index in [4.69, 9.17) is 14.4 Å². The number of benzene rings is 7. The first-order valence-corrected chi connectivity index (χ1v) is 18.2. The Kier molecular flexibility index (Phi) is 6.27. The standard InChI is InChI=1S/C49H33N3O/c1-49(2)39-17-9-6-14-34(39)37-26-27-42-46(47(37)49)38-16-7-10-18-41(38)52(42)45-29-40(33-24-25-36-35-15-8-11-19-43(35)53-44(36)28-33)50-48(51-45)32-22-20-31(21-23-32)30-12-4-3-5-13-30/h3-29H,1-2H3. The largest absolute Gasteiger partial charge is 0.456 e. The summed E-state index contributed by atoms with van der Waals surface area (Å²) >= 11 is 0. The molecule has 250 valence electrons. The van der Waals surface area contributed by atoms with Gasteiger partial charge in [0.25, 0.3) is 0 Å². The van der Waals surface area contributed by atoms with Crippen LogP contribution in [0.1, 0.15) is 25.0 Å². The Morgan fingerprint density at radius 2 is 1.17 bits per heavy atom. The second-order valence-electron chi connectivity index (χ2n) is 14.6. The molecule has 7 aromatic carbocycles. The summed E-state index contributed by atoms with van der Waals surface area (Å²) in [6, 6.07) is 58.0. The summed E-state index contributed by atoms with van der Waals surface area (Å²) in [6.07, 6.45) is 0. The molecule has 0 amide bonds. The third kappa shape index (κ3) is 4.42. The van der Waals surface area contributed by atoms with Gasteiger partial charge in [0, 0.05) is 44.2 Å². The van der Waals surface area contributed by atoms with Gasteiger partial charge in [-0.25, -0.2) is 9.97 Å². The van der Waals surface area contributed by atoms with Gasteiger partial charge in [0.15, 0.2) is 5.82 Å². The van der Waals surface area contributed by atoms with Crippen LogP contribution in [0.5, 0.6) is 0 Å². The third-order valence-electron chi connectivity index (χ3n) is 11.2. The Bertz CT molecular complexity index is 3080. The molecule has 0 atom stereocenters. The van der Waals surface area contributed by atoms with Gasteiger partial charge in [-0.15, -0.1) is 0 Å². The normalized spacial score (nSPS) is 13.2. The lowest BCUT2D eigenvalue weighted by Crippen LogP contribution is -2.15. The van der Waals surface area contributed by atoms with Gasteiger partial charge in [-0.3, -0.25) is 4.57 Å². The highest BCUT2D eigenvalue weighted by molar-refractivity contribution is 6.14. The van der Waals surface area contributed by atoms with Crippen LogP contribution in [0.25, 0.3) is 94.5 Å². The van der Waals surface area contributed by atoms with Crippen molar-refractivity contribution in [1.82, 2.24) is 14.5 Å². The van der Waals surface area contributed by atoms with Crippen LogP contribution < -0.4 is 0 Å². The SMILES string of the molecule is CC1(C)c2ccccc2-c2ccc3c(c21)c1ccccc1n3-c1cc(-c2ccc3c(c2)oc2ccccc23)nc(-c2ccc(-c3ccccc3)cc2)n1. The van der Waals surface area contributed by atoms with Crippen LogP contribution in [0, 0.1) is 0 Å². The second kappa shape index (κ2) is 11.1. The van der Waals surface area contributed by atoms with Crippen molar-refractivity contribution in [1.29, 1.82) is 0 Å². The van der Waals surface area contributed by atoms with Gasteiger partial charge < -0.3 is 4.42 Å². The van der Waals surface area contributed by atoms with Crippen LogP contribution in [0.2, 0.25) is 0 Å². The molecule has 0 radical (unpaired) electrons. The number of aromatic nitrogens is 3. The second-order valence-corrected chi connectivity index (χ2v) is 14.6. The van der Waals surface area contributed by atoms with E-state index in [0.717, 1.165) is 61.2 Å². The first kappa shape index (κ1) is 29.9. The molecular weight excluding hydrogens is 647 g/mol. The summed E-state index contributed by atoms with van der Waals surface area (Å²) in [5.74, 6) is 1.49. The molecule has 1 aliphatic rings. The fourth-order valence-electron chi connectivity index (χ4n) is 8.73. The average Bonchev–Trinajstić information content (AvgIpc) is 3.83. The van der Waals surface area contributed by atoms with E-state index in [1.165, 1.54) is 38.6 Å². The van der Waals surface area contributed by atoms with E-state index in [2.05, 4.69) is 164 Å². The summed E-state index contributed by atoms with van der Waals surface area (Å²) in [5, 5.41) is 4.70. The van der Waals surface area contributed by atoms with E-state index in [0.29, 0.717) is 5.82 Å². The number of fused-ring (bicyclic) bond motifs is 10. The molecule has 3 aromatic heterocycles. The molecule has 4 nitrogen and oxygen atoms in total.